The molecule has 2 heteroatoms. The molecule has 9 heavy (non-hydrogen) atoms. The summed E-state index contributed by atoms with van der Waals surface area (Å²) in [6.07, 6.45) is 2.88. The monoisotopic (exact) mass is 126 g/mol. The van der Waals surface area contributed by atoms with Crippen LogP contribution in [-0.2, 0) is 0 Å². The molecule has 2 bridgehead atoms. The predicted octanol–water partition coefficient (Wildman–Crippen LogP) is -0.0569. The van der Waals surface area contributed by atoms with E-state index in [1.165, 1.54) is 19.4 Å². The first kappa shape index (κ1) is 5.69. The molecular weight excluding hydrogens is 112 g/mol. The van der Waals surface area contributed by atoms with Gasteiger partial charge in [-0.15, -0.1) is 0 Å². The summed E-state index contributed by atoms with van der Waals surface area (Å²) in [4.78, 5) is 0. The predicted molar refractivity (Wildman–Crippen MR) is 37.1 cm³/mol. The Balaban J connectivity index is 1.94. The SMILES string of the molecule is NCC1NCC2CC1C2. The number of hydrogen-bond donors (Lipinski definition) is 2. The van der Waals surface area contributed by atoms with E-state index in [-0.39, 0.29) is 0 Å². The minimum atomic E-state index is 0.648. The van der Waals surface area contributed by atoms with Gasteiger partial charge in [0.25, 0.3) is 0 Å². The molecule has 52 valence electrons. The van der Waals surface area contributed by atoms with Crippen LogP contribution in [0.15, 0.2) is 0 Å². The normalized spacial score (nSPS) is 48.3. The third-order valence-electron chi connectivity index (χ3n) is 2.76. The van der Waals surface area contributed by atoms with Crippen molar-refractivity contribution in [3.05, 3.63) is 0 Å². The fraction of sp³-hybridized carbons (Fsp3) is 1.00. The lowest BCUT2D eigenvalue weighted by atomic mass is 9.68. The smallest absolute Gasteiger partial charge is 0.0218 e. The van der Waals surface area contributed by atoms with Gasteiger partial charge in [-0.1, -0.05) is 0 Å². The van der Waals surface area contributed by atoms with E-state index in [4.69, 9.17) is 5.73 Å². The van der Waals surface area contributed by atoms with Crippen LogP contribution in [0.25, 0.3) is 0 Å². The zero-order valence-electron chi connectivity index (χ0n) is 5.64. The van der Waals surface area contributed by atoms with E-state index in [1.54, 1.807) is 0 Å². The Morgan fingerprint density at radius 2 is 2.22 bits per heavy atom. The first-order valence-corrected chi connectivity index (χ1v) is 3.83. The van der Waals surface area contributed by atoms with Crippen molar-refractivity contribution in [1.29, 1.82) is 0 Å². The van der Waals surface area contributed by atoms with Gasteiger partial charge >= 0.3 is 0 Å². The molecule has 3 aliphatic rings. The molecule has 0 aromatic heterocycles. The van der Waals surface area contributed by atoms with Crippen LogP contribution >= 0.6 is 0 Å². The maximum atomic E-state index is 5.56. The number of piperidine rings is 2. The summed E-state index contributed by atoms with van der Waals surface area (Å²) >= 11 is 0. The van der Waals surface area contributed by atoms with E-state index < -0.39 is 0 Å². The molecule has 0 radical (unpaired) electrons. The summed E-state index contributed by atoms with van der Waals surface area (Å²) in [6.45, 7) is 2.05. The molecule has 0 aromatic carbocycles. The standard InChI is InChI=1S/C7H14N2/c8-3-7-6-1-5(2-6)4-9-7/h5-7,9H,1-4,8H2. The Morgan fingerprint density at radius 3 is 2.56 bits per heavy atom. The molecule has 1 unspecified atom stereocenters. The van der Waals surface area contributed by atoms with E-state index in [2.05, 4.69) is 5.32 Å². The summed E-state index contributed by atoms with van der Waals surface area (Å²) in [5.74, 6) is 1.92. The number of hydrogen-bond acceptors (Lipinski definition) is 2. The average molecular weight is 126 g/mol. The fourth-order valence-corrected chi connectivity index (χ4v) is 2.04. The summed E-state index contributed by atoms with van der Waals surface area (Å²) in [6, 6.07) is 0.648. The second-order valence-corrected chi connectivity index (χ2v) is 3.35. The first-order valence-electron chi connectivity index (χ1n) is 3.83. The lowest BCUT2D eigenvalue weighted by molar-refractivity contribution is 0.0870. The number of nitrogens with one attached hydrogen (secondary N) is 1. The van der Waals surface area contributed by atoms with Gasteiger partial charge in [0.05, 0.1) is 0 Å². The number of rotatable bonds is 1. The molecule has 1 saturated carbocycles. The third-order valence-corrected chi connectivity index (χ3v) is 2.76. The van der Waals surface area contributed by atoms with Crippen molar-refractivity contribution in [3.63, 3.8) is 0 Å². The van der Waals surface area contributed by atoms with Gasteiger partial charge in [-0.25, -0.2) is 0 Å². The molecule has 2 aliphatic heterocycles. The van der Waals surface area contributed by atoms with Gasteiger partial charge in [-0.2, -0.15) is 0 Å². The van der Waals surface area contributed by atoms with Crippen LogP contribution < -0.4 is 11.1 Å². The molecule has 2 saturated heterocycles. The lowest BCUT2D eigenvalue weighted by Gasteiger charge is -2.47. The molecule has 0 amide bonds. The maximum absolute atomic E-state index is 5.56. The highest BCUT2D eigenvalue weighted by molar-refractivity contribution is 4.95. The average Bonchev–Trinajstić information content (AvgIpc) is 1.86. The summed E-state index contributed by atoms with van der Waals surface area (Å²) in [7, 11) is 0. The summed E-state index contributed by atoms with van der Waals surface area (Å²) < 4.78 is 0. The van der Waals surface area contributed by atoms with E-state index in [9.17, 15) is 0 Å². The molecule has 2 nitrogen and oxygen atoms in total. The minimum Gasteiger partial charge on any atom is -0.329 e. The largest absolute Gasteiger partial charge is 0.329 e. The highest BCUT2D eigenvalue weighted by Crippen LogP contribution is 2.38. The topological polar surface area (TPSA) is 38.0 Å². The Kier molecular flexibility index (Phi) is 1.24. The van der Waals surface area contributed by atoms with E-state index in [0.29, 0.717) is 6.04 Å². The quantitative estimate of drug-likeness (QED) is 0.516. The van der Waals surface area contributed by atoms with Crippen molar-refractivity contribution in [2.75, 3.05) is 13.1 Å². The van der Waals surface area contributed by atoms with Gasteiger partial charge in [0, 0.05) is 12.6 Å². The van der Waals surface area contributed by atoms with Crippen molar-refractivity contribution in [2.24, 2.45) is 17.6 Å². The van der Waals surface area contributed by atoms with Crippen LogP contribution in [-0.4, -0.2) is 19.1 Å². The van der Waals surface area contributed by atoms with Crippen LogP contribution in [0, 0.1) is 11.8 Å². The maximum Gasteiger partial charge on any atom is 0.0218 e. The Labute approximate surface area is 55.8 Å². The number of fused-ring (bicyclic) bond motifs is 2. The number of nitrogens with two attached hydrogens (primary N) is 1. The molecule has 1 aliphatic carbocycles. The highest BCUT2D eigenvalue weighted by Gasteiger charge is 2.38. The molecule has 3 fully saturated rings. The van der Waals surface area contributed by atoms with Gasteiger partial charge in [-0.3, -0.25) is 0 Å². The van der Waals surface area contributed by atoms with E-state index in [0.717, 1.165) is 18.4 Å². The first-order chi connectivity index (χ1) is 4.40. The van der Waals surface area contributed by atoms with Gasteiger partial charge in [0.2, 0.25) is 0 Å². The second kappa shape index (κ2) is 1.96. The molecule has 2 heterocycles. The van der Waals surface area contributed by atoms with Crippen LogP contribution in [0.1, 0.15) is 12.8 Å². The van der Waals surface area contributed by atoms with Crippen molar-refractivity contribution < 1.29 is 0 Å². The van der Waals surface area contributed by atoms with E-state index in [1.807, 2.05) is 0 Å². The Bertz CT molecular complexity index is 105. The molecule has 3 N–H and O–H groups in total. The van der Waals surface area contributed by atoms with Gasteiger partial charge in [0.15, 0.2) is 0 Å². The molecular formula is C7H14N2. The molecule has 3 rings (SSSR count). The molecule has 0 aromatic rings. The Hall–Kier alpha value is -0.0800. The lowest BCUT2D eigenvalue weighted by Crippen LogP contribution is -2.56. The highest BCUT2D eigenvalue weighted by atomic mass is 15.0. The van der Waals surface area contributed by atoms with Gasteiger partial charge in [-0.05, 0) is 31.2 Å². The van der Waals surface area contributed by atoms with Gasteiger partial charge in [0.1, 0.15) is 0 Å². The van der Waals surface area contributed by atoms with Crippen molar-refractivity contribution >= 4 is 0 Å². The fourth-order valence-electron chi connectivity index (χ4n) is 2.04. The van der Waals surface area contributed by atoms with Crippen LogP contribution in [0.2, 0.25) is 0 Å². The van der Waals surface area contributed by atoms with Crippen LogP contribution in [0.4, 0.5) is 0 Å². The van der Waals surface area contributed by atoms with Crippen LogP contribution in [0.5, 0.6) is 0 Å². The van der Waals surface area contributed by atoms with Gasteiger partial charge < -0.3 is 11.1 Å². The summed E-state index contributed by atoms with van der Waals surface area (Å²) in [5.41, 5.74) is 5.56. The Morgan fingerprint density at radius 1 is 1.44 bits per heavy atom. The zero-order valence-corrected chi connectivity index (χ0v) is 5.64. The third kappa shape index (κ3) is 0.775. The second-order valence-electron chi connectivity index (χ2n) is 3.35. The molecule has 0 spiro atoms. The van der Waals surface area contributed by atoms with Crippen molar-refractivity contribution in [3.8, 4) is 0 Å². The van der Waals surface area contributed by atoms with Crippen molar-refractivity contribution in [1.82, 2.24) is 5.32 Å². The van der Waals surface area contributed by atoms with Crippen molar-refractivity contribution in [2.45, 2.75) is 18.9 Å². The van der Waals surface area contributed by atoms with E-state index >= 15 is 0 Å². The minimum absolute atomic E-state index is 0.648. The summed E-state index contributed by atoms with van der Waals surface area (Å²) in [5, 5.41) is 3.44. The van der Waals surface area contributed by atoms with Crippen LogP contribution in [0.3, 0.4) is 0 Å². The molecule has 1 atom stereocenters. The zero-order chi connectivity index (χ0) is 6.27.